The Morgan fingerprint density at radius 3 is 1.70 bits per heavy atom. The number of benzene rings is 9. The van der Waals surface area contributed by atoms with E-state index in [-0.39, 0.29) is 0 Å². The fourth-order valence-electron chi connectivity index (χ4n) is 9.30. The second-order valence-corrected chi connectivity index (χ2v) is 21.7. The van der Waals surface area contributed by atoms with Crippen LogP contribution in [0.25, 0.3) is 21.9 Å². The Morgan fingerprint density at radius 2 is 0.946 bits per heavy atom. The maximum Gasteiger partial charge on any atom is 0.181 e. The van der Waals surface area contributed by atoms with Crippen LogP contribution in [0.2, 0.25) is 0 Å². The van der Waals surface area contributed by atoms with Gasteiger partial charge in [-0.2, -0.15) is 0 Å². The highest BCUT2D eigenvalue weighted by atomic mass is 32.2. The molecule has 263 valence electrons. The van der Waals surface area contributed by atoms with Gasteiger partial charge in [0.1, 0.15) is 0 Å². The molecule has 0 aromatic heterocycles. The summed E-state index contributed by atoms with van der Waals surface area (Å²) in [4.78, 5) is 5.21. The monoisotopic (exact) mass is 762 g/mol. The fraction of sp³-hybridized carbons (Fsp3) is 0. The first-order valence-corrected chi connectivity index (χ1v) is 23.6. The molecule has 0 bridgehead atoms. The standard InChI is InChI=1S/C52H36NSSi2/c1-3-18-39(19-4-1)53(40-32-30-38(31-33-40)44-23-15-17-37-16-7-8-22-43(37)44)41-34-35-48-52(36-41)56(49-27-12-9-24-45(49)54-46-25-10-13-28-50(46)56)51-29-14-11-26-47(51)55(48)42-20-5-2-6-21-42/h1-36H. The highest BCUT2D eigenvalue weighted by Gasteiger charge is 2.53. The third kappa shape index (κ3) is 5.14. The Labute approximate surface area is 335 Å². The molecule has 2 aliphatic rings. The molecule has 2 aliphatic heterocycles. The summed E-state index contributed by atoms with van der Waals surface area (Å²) in [5.74, 6) is 0. The van der Waals surface area contributed by atoms with Crippen LogP contribution in [-0.2, 0) is 0 Å². The van der Waals surface area contributed by atoms with Crippen molar-refractivity contribution >= 4 is 92.8 Å². The Morgan fingerprint density at radius 1 is 0.393 bits per heavy atom. The van der Waals surface area contributed by atoms with E-state index in [1.165, 1.54) is 73.7 Å². The van der Waals surface area contributed by atoms with Crippen molar-refractivity contribution < 1.29 is 0 Å². The maximum absolute atomic E-state index is 2.81. The van der Waals surface area contributed by atoms with Crippen LogP contribution in [0.3, 0.4) is 0 Å². The minimum absolute atomic E-state index is 1.14. The predicted octanol–water partition coefficient (Wildman–Crippen LogP) is 8.65. The van der Waals surface area contributed by atoms with Gasteiger partial charge in [0.25, 0.3) is 0 Å². The van der Waals surface area contributed by atoms with Crippen LogP contribution in [0.1, 0.15) is 0 Å². The van der Waals surface area contributed by atoms with E-state index in [1.54, 1.807) is 0 Å². The lowest BCUT2D eigenvalue weighted by atomic mass is 9.98. The minimum Gasteiger partial charge on any atom is -0.311 e. The lowest BCUT2D eigenvalue weighted by Crippen LogP contribution is -2.87. The van der Waals surface area contributed by atoms with Gasteiger partial charge < -0.3 is 4.90 Å². The van der Waals surface area contributed by atoms with E-state index >= 15 is 0 Å². The van der Waals surface area contributed by atoms with Gasteiger partial charge in [0.05, 0.1) is 0 Å². The normalized spacial score (nSPS) is 13.7. The smallest absolute Gasteiger partial charge is 0.181 e. The molecule has 9 aromatic carbocycles. The van der Waals surface area contributed by atoms with Crippen molar-refractivity contribution in [2.45, 2.75) is 9.79 Å². The third-order valence-corrected chi connectivity index (χ3v) is 21.5. The zero-order chi connectivity index (χ0) is 37.1. The molecule has 4 heteroatoms. The summed E-state index contributed by atoms with van der Waals surface area (Å²) in [7, 11) is -4.14. The quantitative estimate of drug-likeness (QED) is 0.162. The summed E-state index contributed by atoms with van der Waals surface area (Å²) in [6, 6.07) is 82.1. The summed E-state index contributed by atoms with van der Waals surface area (Å²) >= 11 is 1.93. The Balaban J connectivity index is 1.17. The highest BCUT2D eigenvalue weighted by Crippen LogP contribution is 2.38. The molecular weight excluding hydrogens is 727 g/mol. The van der Waals surface area contributed by atoms with E-state index in [0.717, 1.165) is 11.4 Å². The van der Waals surface area contributed by atoms with Crippen LogP contribution in [0.4, 0.5) is 17.1 Å². The van der Waals surface area contributed by atoms with Gasteiger partial charge in [0.2, 0.25) is 0 Å². The molecule has 11 rings (SSSR count). The van der Waals surface area contributed by atoms with E-state index in [0.29, 0.717) is 0 Å². The van der Waals surface area contributed by atoms with Gasteiger partial charge in [0.15, 0.2) is 16.9 Å². The summed E-state index contributed by atoms with van der Waals surface area (Å²) < 4.78 is 0. The molecule has 56 heavy (non-hydrogen) atoms. The molecule has 0 N–H and O–H groups in total. The summed E-state index contributed by atoms with van der Waals surface area (Å²) in [6.45, 7) is 0. The molecule has 2 heterocycles. The van der Waals surface area contributed by atoms with E-state index in [4.69, 9.17) is 0 Å². The number of hydrogen-bond donors (Lipinski definition) is 0. The average molecular weight is 763 g/mol. The number of anilines is 3. The molecule has 1 spiro atoms. The number of rotatable bonds is 5. The third-order valence-electron chi connectivity index (χ3n) is 11.6. The van der Waals surface area contributed by atoms with Crippen LogP contribution in [-0.4, -0.2) is 16.9 Å². The topological polar surface area (TPSA) is 3.24 Å². The molecule has 1 nitrogen and oxygen atoms in total. The van der Waals surface area contributed by atoms with E-state index in [1.807, 2.05) is 11.8 Å². The first-order valence-electron chi connectivity index (χ1n) is 19.3. The minimum atomic E-state index is -2.81. The molecule has 0 unspecified atom stereocenters. The Hall–Kier alpha value is -6.18. The number of nitrogens with zero attached hydrogens (tertiary/aromatic N) is 1. The zero-order valence-electron chi connectivity index (χ0n) is 30.6. The van der Waals surface area contributed by atoms with Crippen molar-refractivity contribution in [2.75, 3.05) is 4.90 Å². The molecule has 0 saturated heterocycles. The molecule has 0 fully saturated rings. The molecular formula is C52H36NSSi2. The van der Waals surface area contributed by atoms with Gasteiger partial charge in [-0.25, -0.2) is 0 Å². The first kappa shape index (κ1) is 33.2. The van der Waals surface area contributed by atoms with E-state index in [2.05, 4.69) is 223 Å². The van der Waals surface area contributed by atoms with Gasteiger partial charge in [-0.3, -0.25) is 0 Å². The Bertz CT molecular complexity index is 2860. The molecule has 9 aromatic rings. The second-order valence-electron chi connectivity index (χ2n) is 14.6. The predicted molar refractivity (Wildman–Crippen MR) is 243 cm³/mol. The van der Waals surface area contributed by atoms with Crippen LogP contribution >= 0.6 is 11.8 Å². The van der Waals surface area contributed by atoms with Crippen LogP contribution in [0.5, 0.6) is 0 Å². The maximum atomic E-state index is 2.60. The number of hydrogen-bond acceptors (Lipinski definition) is 2. The fourth-order valence-corrected chi connectivity index (χ4v) is 21.0. The van der Waals surface area contributed by atoms with Gasteiger partial charge in [-0.15, -0.1) is 0 Å². The second kappa shape index (κ2) is 13.5. The highest BCUT2D eigenvalue weighted by molar-refractivity contribution is 8.00. The summed E-state index contributed by atoms with van der Waals surface area (Å²) in [5, 5.41) is 13.0. The molecule has 1 radical (unpaired) electrons. The average Bonchev–Trinajstić information content (AvgIpc) is 3.27. The Kier molecular flexibility index (Phi) is 8.02. The van der Waals surface area contributed by atoms with Gasteiger partial charge in [-0.05, 0) is 91.2 Å². The largest absolute Gasteiger partial charge is 0.311 e. The molecule has 0 atom stereocenters. The van der Waals surface area contributed by atoms with Crippen LogP contribution in [0.15, 0.2) is 228 Å². The van der Waals surface area contributed by atoms with Crippen molar-refractivity contribution in [1.82, 2.24) is 0 Å². The van der Waals surface area contributed by atoms with Crippen molar-refractivity contribution in [1.29, 1.82) is 0 Å². The van der Waals surface area contributed by atoms with Crippen molar-refractivity contribution in [3.05, 3.63) is 218 Å². The van der Waals surface area contributed by atoms with Gasteiger partial charge >= 0.3 is 0 Å². The lowest BCUT2D eigenvalue weighted by molar-refractivity contribution is 1.29. The molecule has 0 amide bonds. The van der Waals surface area contributed by atoms with Gasteiger partial charge in [-0.1, -0.05) is 197 Å². The lowest BCUT2D eigenvalue weighted by Gasteiger charge is -2.46. The zero-order valence-corrected chi connectivity index (χ0v) is 33.5. The molecule has 0 aliphatic carbocycles. The van der Waals surface area contributed by atoms with Crippen LogP contribution in [0, 0.1) is 0 Å². The van der Waals surface area contributed by atoms with Crippen molar-refractivity contribution in [2.24, 2.45) is 0 Å². The van der Waals surface area contributed by atoms with Crippen molar-refractivity contribution in [3.8, 4) is 11.1 Å². The van der Waals surface area contributed by atoms with Crippen molar-refractivity contribution in [3.63, 3.8) is 0 Å². The number of fused-ring (bicyclic) bond motifs is 9. The first-order chi connectivity index (χ1) is 27.8. The molecule has 0 saturated carbocycles. The van der Waals surface area contributed by atoms with E-state index < -0.39 is 16.9 Å². The number of para-hydroxylation sites is 1. The summed E-state index contributed by atoms with van der Waals surface area (Å²) in [5.41, 5.74) is 5.94. The summed E-state index contributed by atoms with van der Waals surface area (Å²) in [6.07, 6.45) is 0. The SMILES string of the molecule is c1ccc(N(c2ccc(-c3cccc4ccccc34)cc2)c2ccc3c(c2)[Si]2(c4ccccc4Sc4ccccc42)c2ccccc2[Si]3c2ccccc2)cc1. The van der Waals surface area contributed by atoms with Gasteiger partial charge in [0, 0.05) is 26.9 Å². The van der Waals surface area contributed by atoms with Crippen LogP contribution < -0.4 is 41.2 Å². The van der Waals surface area contributed by atoms with E-state index in [9.17, 15) is 0 Å².